The third-order valence-electron chi connectivity index (χ3n) is 7.10. The Morgan fingerprint density at radius 2 is 1.39 bits per heavy atom. The molecule has 0 N–H and O–H groups in total. The SMILES string of the molecule is c1ccc(COc2cc3ccccc3c3ccc4c(c23)CCCC4)cc1.c1ccc2cnccc2c1. The zero-order chi connectivity index (χ0) is 24.2. The van der Waals surface area contributed by atoms with Crippen LogP contribution in [0.5, 0.6) is 5.75 Å². The van der Waals surface area contributed by atoms with E-state index in [1.807, 2.05) is 36.7 Å². The molecule has 1 aliphatic rings. The number of aromatic nitrogens is 1. The summed E-state index contributed by atoms with van der Waals surface area (Å²) in [6.07, 6.45) is 8.60. The first-order chi connectivity index (χ1) is 17.9. The number of benzene rings is 5. The van der Waals surface area contributed by atoms with Gasteiger partial charge in [0.25, 0.3) is 0 Å². The van der Waals surface area contributed by atoms with Crippen molar-refractivity contribution < 1.29 is 4.74 Å². The van der Waals surface area contributed by atoms with E-state index in [4.69, 9.17) is 4.74 Å². The predicted molar refractivity (Wildman–Crippen MR) is 151 cm³/mol. The van der Waals surface area contributed by atoms with Gasteiger partial charge in [-0.1, -0.05) is 91.0 Å². The van der Waals surface area contributed by atoms with Gasteiger partial charge in [0, 0.05) is 17.8 Å². The number of nitrogens with zero attached hydrogens (tertiary/aromatic N) is 1. The second kappa shape index (κ2) is 10.2. The molecule has 5 aromatic carbocycles. The molecule has 0 amide bonds. The van der Waals surface area contributed by atoms with Crippen molar-refractivity contribution in [2.75, 3.05) is 0 Å². The molecule has 0 aliphatic heterocycles. The Bertz CT molecular complexity index is 1570. The Balaban J connectivity index is 0.000000200. The van der Waals surface area contributed by atoms with Gasteiger partial charge in [0.2, 0.25) is 0 Å². The number of hydrogen-bond acceptors (Lipinski definition) is 2. The lowest BCUT2D eigenvalue weighted by Gasteiger charge is -2.21. The summed E-state index contributed by atoms with van der Waals surface area (Å²) < 4.78 is 6.38. The lowest BCUT2D eigenvalue weighted by atomic mass is 9.86. The average molecular weight is 468 g/mol. The van der Waals surface area contributed by atoms with Crippen LogP contribution >= 0.6 is 0 Å². The van der Waals surface area contributed by atoms with Gasteiger partial charge in [-0.05, 0) is 81.4 Å². The van der Waals surface area contributed by atoms with Crippen molar-refractivity contribution in [2.45, 2.75) is 32.3 Å². The van der Waals surface area contributed by atoms with Crippen LogP contribution in [0.3, 0.4) is 0 Å². The second-order valence-electron chi connectivity index (χ2n) is 9.43. The van der Waals surface area contributed by atoms with E-state index in [2.05, 4.69) is 83.8 Å². The van der Waals surface area contributed by atoms with Crippen LogP contribution in [0.15, 0.2) is 116 Å². The zero-order valence-corrected chi connectivity index (χ0v) is 20.4. The highest BCUT2D eigenvalue weighted by Gasteiger charge is 2.17. The third kappa shape index (κ3) is 4.55. The molecule has 36 heavy (non-hydrogen) atoms. The Morgan fingerprint density at radius 3 is 2.25 bits per heavy atom. The fourth-order valence-corrected chi connectivity index (χ4v) is 5.29. The maximum Gasteiger partial charge on any atom is 0.128 e. The molecule has 0 radical (unpaired) electrons. The molecule has 1 aliphatic carbocycles. The molecule has 1 heterocycles. The quantitative estimate of drug-likeness (QED) is 0.243. The number of rotatable bonds is 3. The molecule has 6 aromatic rings. The summed E-state index contributed by atoms with van der Waals surface area (Å²) in [5.74, 6) is 1.03. The minimum Gasteiger partial charge on any atom is -0.488 e. The van der Waals surface area contributed by atoms with Gasteiger partial charge in [-0.2, -0.15) is 0 Å². The van der Waals surface area contributed by atoms with Crippen LogP contribution in [-0.2, 0) is 19.4 Å². The first-order valence-electron chi connectivity index (χ1n) is 12.8. The van der Waals surface area contributed by atoms with E-state index in [-0.39, 0.29) is 0 Å². The fourth-order valence-electron chi connectivity index (χ4n) is 5.29. The minimum atomic E-state index is 0.609. The number of aryl methyl sites for hydroxylation is 2. The molecule has 0 unspecified atom stereocenters. The van der Waals surface area contributed by atoms with E-state index in [0.717, 1.165) is 12.2 Å². The third-order valence-corrected chi connectivity index (χ3v) is 7.10. The van der Waals surface area contributed by atoms with E-state index < -0.39 is 0 Å². The highest BCUT2D eigenvalue weighted by atomic mass is 16.5. The van der Waals surface area contributed by atoms with Crippen LogP contribution in [0.4, 0.5) is 0 Å². The first-order valence-corrected chi connectivity index (χ1v) is 12.8. The summed E-state index contributed by atoms with van der Waals surface area (Å²) in [7, 11) is 0. The number of hydrogen-bond donors (Lipinski definition) is 0. The molecule has 0 saturated heterocycles. The van der Waals surface area contributed by atoms with Crippen LogP contribution < -0.4 is 4.74 Å². The van der Waals surface area contributed by atoms with Crippen LogP contribution in [-0.4, -0.2) is 4.98 Å². The summed E-state index contributed by atoms with van der Waals surface area (Å²) in [5, 5.41) is 7.67. The van der Waals surface area contributed by atoms with Crippen molar-refractivity contribution in [1.82, 2.24) is 4.98 Å². The zero-order valence-electron chi connectivity index (χ0n) is 20.4. The largest absolute Gasteiger partial charge is 0.488 e. The topological polar surface area (TPSA) is 22.1 Å². The monoisotopic (exact) mass is 467 g/mol. The van der Waals surface area contributed by atoms with E-state index in [1.165, 1.54) is 68.3 Å². The van der Waals surface area contributed by atoms with Crippen molar-refractivity contribution >= 4 is 32.3 Å². The normalized spacial score (nSPS) is 12.7. The standard InChI is InChI=1S/C25H22O.C9H7N/c1-2-8-18(9-3-1)17-26-24-16-20-11-5-6-12-21(20)23-15-14-19-10-4-7-13-22(19)25(23)24;1-2-4-9-7-10-6-5-8(9)3-1/h1-3,5-6,8-9,11-12,14-16H,4,7,10,13,17H2;1-7H. The maximum atomic E-state index is 6.38. The molecule has 2 nitrogen and oxygen atoms in total. The van der Waals surface area contributed by atoms with Gasteiger partial charge in [0.05, 0.1) is 0 Å². The van der Waals surface area contributed by atoms with Crippen LogP contribution in [0, 0.1) is 0 Å². The van der Waals surface area contributed by atoms with Gasteiger partial charge in [0.1, 0.15) is 12.4 Å². The highest BCUT2D eigenvalue weighted by Crippen LogP contribution is 2.39. The van der Waals surface area contributed by atoms with Crippen molar-refractivity contribution in [3.8, 4) is 5.75 Å². The van der Waals surface area contributed by atoms with Gasteiger partial charge in [-0.15, -0.1) is 0 Å². The van der Waals surface area contributed by atoms with E-state index in [1.54, 1.807) is 0 Å². The summed E-state index contributed by atoms with van der Waals surface area (Å²) in [6.45, 7) is 0.609. The summed E-state index contributed by atoms with van der Waals surface area (Å²) >= 11 is 0. The van der Waals surface area contributed by atoms with Gasteiger partial charge in [-0.25, -0.2) is 0 Å². The molecule has 0 spiro atoms. The summed E-state index contributed by atoms with van der Waals surface area (Å²) in [5.41, 5.74) is 4.21. The number of ether oxygens (including phenoxy) is 1. The molecule has 176 valence electrons. The van der Waals surface area contributed by atoms with Gasteiger partial charge in [-0.3, -0.25) is 4.98 Å². The molecule has 0 atom stereocenters. The van der Waals surface area contributed by atoms with Crippen LogP contribution in [0.1, 0.15) is 29.5 Å². The Hall–Kier alpha value is -4.17. The lowest BCUT2D eigenvalue weighted by Crippen LogP contribution is -2.05. The van der Waals surface area contributed by atoms with E-state index in [0.29, 0.717) is 6.61 Å². The van der Waals surface area contributed by atoms with E-state index in [9.17, 15) is 0 Å². The molecular weight excluding hydrogens is 438 g/mol. The molecule has 2 heteroatoms. The first kappa shape index (κ1) is 22.3. The van der Waals surface area contributed by atoms with Crippen LogP contribution in [0.25, 0.3) is 32.3 Å². The molecule has 0 saturated carbocycles. The highest BCUT2D eigenvalue weighted by molar-refractivity contribution is 6.11. The molecule has 0 fully saturated rings. The van der Waals surface area contributed by atoms with E-state index >= 15 is 0 Å². The Kier molecular flexibility index (Phi) is 6.33. The maximum absolute atomic E-state index is 6.38. The molecule has 0 bridgehead atoms. The molecule has 1 aromatic heterocycles. The van der Waals surface area contributed by atoms with Crippen molar-refractivity contribution in [3.63, 3.8) is 0 Å². The summed E-state index contributed by atoms with van der Waals surface area (Å²) in [6, 6.07) is 36.1. The predicted octanol–water partition coefficient (Wildman–Crippen LogP) is 8.69. The van der Waals surface area contributed by atoms with Crippen molar-refractivity contribution in [2.24, 2.45) is 0 Å². The Morgan fingerprint density at radius 1 is 0.639 bits per heavy atom. The summed E-state index contributed by atoms with van der Waals surface area (Å²) in [4.78, 5) is 4.01. The minimum absolute atomic E-state index is 0.609. The lowest BCUT2D eigenvalue weighted by molar-refractivity contribution is 0.310. The average Bonchev–Trinajstić information content (AvgIpc) is 2.96. The number of fused-ring (bicyclic) bond motifs is 6. The second-order valence-corrected chi connectivity index (χ2v) is 9.43. The smallest absolute Gasteiger partial charge is 0.128 e. The Labute approximate surface area is 212 Å². The van der Waals surface area contributed by atoms with Crippen molar-refractivity contribution in [3.05, 3.63) is 132 Å². The molecule has 7 rings (SSSR count). The van der Waals surface area contributed by atoms with Gasteiger partial charge in [0.15, 0.2) is 0 Å². The molecular formula is C34H29NO. The van der Waals surface area contributed by atoms with Crippen LogP contribution in [0.2, 0.25) is 0 Å². The van der Waals surface area contributed by atoms with Gasteiger partial charge >= 0.3 is 0 Å². The van der Waals surface area contributed by atoms with Crippen molar-refractivity contribution in [1.29, 1.82) is 0 Å². The fraction of sp³-hybridized carbons (Fsp3) is 0.147. The van der Waals surface area contributed by atoms with Gasteiger partial charge < -0.3 is 4.74 Å². The number of pyridine rings is 1.